The molecule has 0 aromatic carbocycles. The van der Waals surface area contributed by atoms with Crippen LogP contribution in [0.4, 0.5) is 0 Å². The number of rotatable bonds is 23. The monoisotopic (exact) mass is 491 g/mol. The highest BCUT2D eigenvalue weighted by Gasteiger charge is 2.19. The van der Waals surface area contributed by atoms with Crippen molar-refractivity contribution in [3.05, 3.63) is 0 Å². The molecule has 0 bridgehead atoms. The van der Waals surface area contributed by atoms with Crippen LogP contribution in [0.3, 0.4) is 0 Å². The van der Waals surface area contributed by atoms with E-state index in [4.69, 9.17) is 18.9 Å². The van der Waals surface area contributed by atoms with E-state index in [0.29, 0.717) is 52.2 Å². The first-order chi connectivity index (χ1) is 16.4. The van der Waals surface area contributed by atoms with Crippen LogP contribution in [0, 0.1) is 0 Å². The van der Waals surface area contributed by atoms with E-state index >= 15 is 0 Å². The van der Waals surface area contributed by atoms with Crippen molar-refractivity contribution in [2.45, 2.75) is 52.0 Å². The minimum Gasteiger partial charge on any atom is -0.480 e. The third-order valence-corrected chi connectivity index (χ3v) is 4.32. The molecular weight excluding hydrogens is 450 g/mol. The maximum Gasteiger partial charge on any atom is 0.326 e. The number of carbonyl (C=O) groups is 4. The van der Waals surface area contributed by atoms with Gasteiger partial charge in [0.1, 0.15) is 19.3 Å². The fourth-order valence-electron chi connectivity index (χ4n) is 2.55. The van der Waals surface area contributed by atoms with Crippen LogP contribution >= 0.6 is 0 Å². The second kappa shape index (κ2) is 22.5. The van der Waals surface area contributed by atoms with Crippen LogP contribution in [0.5, 0.6) is 0 Å². The van der Waals surface area contributed by atoms with Crippen molar-refractivity contribution in [3.8, 4) is 0 Å². The van der Waals surface area contributed by atoms with Gasteiger partial charge >= 0.3 is 5.97 Å². The Bertz CT molecular complexity index is 576. The summed E-state index contributed by atoms with van der Waals surface area (Å²) in [6, 6.07) is -1.01. The zero-order valence-corrected chi connectivity index (χ0v) is 20.4. The number of hydrogen-bond donors (Lipinski definition) is 4. The van der Waals surface area contributed by atoms with Crippen LogP contribution in [0.2, 0.25) is 0 Å². The van der Waals surface area contributed by atoms with Crippen LogP contribution < -0.4 is 16.0 Å². The van der Waals surface area contributed by atoms with Crippen LogP contribution in [0.15, 0.2) is 0 Å². The smallest absolute Gasteiger partial charge is 0.326 e. The molecule has 0 aromatic rings. The molecule has 0 aliphatic rings. The number of amides is 3. The lowest BCUT2D eigenvalue weighted by molar-refractivity contribution is -0.142. The Morgan fingerprint density at radius 1 is 0.706 bits per heavy atom. The fourth-order valence-corrected chi connectivity index (χ4v) is 2.55. The summed E-state index contributed by atoms with van der Waals surface area (Å²) >= 11 is 0. The van der Waals surface area contributed by atoms with Gasteiger partial charge in [-0.1, -0.05) is 13.8 Å². The summed E-state index contributed by atoms with van der Waals surface area (Å²) in [7, 11) is 0. The Kier molecular flexibility index (Phi) is 21.0. The summed E-state index contributed by atoms with van der Waals surface area (Å²) in [5, 5.41) is 17.0. The first-order valence-corrected chi connectivity index (χ1v) is 11.8. The lowest BCUT2D eigenvalue weighted by Gasteiger charge is -2.14. The summed E-state index contributed by atoms with van der Waals surface area (Å²) in [5.74, 6) is -1.95. The van der Waals surface area contributed by atoms with E-state index in [9.17, 15) is 24.3 Å². The average molecular weight is 492 g/mol. The van der Waals surface area contributed by atoms with Crippen LogP contribution in [-0.4, -0.2) is 101 Å². The Morgan fingerprint density at radius 2 is 1.29 bits per heavy atom. The van der Waals surface area contributed by atoms with E-state index in [1.54, 1.807) is 6.92 Å². The van der Waals surface area contributed by atoms with Crippen molar-refractivity contribution in [2.24, 2.45) is 0 Å². The summed E-state index contributed by atoms with van der Waals surface area (Å²) in [6.45, 7) is 6.38. The number of carbonyl (C=O) groups excluding carboxylic acids is 3. The van der Waals surface area contributed by atoms with E-state index in [0.717, 1.165) is 6.42 Å². The second-order valence-electron chi connectivity index (χ2n) is 7.34. The average Bonchev–Trinajstić information content (AvgIpc) is 2.81. The molecule has 1 atom stereocenters. The number of carboxylic acids is 1. The highest BCUT2D eigenvalue weighted by atomic mass is 16.5. The number of carboxylic acid groups (broad SMARTS) is 1. The number of nitrogens with one attached hydrogen (secondary N) is 3. The molecule has 12 heteroatoms. The van der Waals surface area contributed by atoms with E-state index in [1.807, 2.05) is 6.92 Å². The normalized spacial score (nSPS) is 11.6. The topological polar surface area (TPSA) is 162 Å². The standard InChI is InChI=1S/C22H41N3O9/c1-3-10-31-12-14-33-16-20(27)24-9-11-32-13-15-34-17-21(28)25-18(22(29)30)7-5-6-8-23-19(26)4-2/h18H,3-17H2,1-2H3,(H,23,26)(H,24,27)(H,25,28)(H,29,30). The van der Waals surface area contributed by atoms with Gasteiger partial charge in [-0.3, -0.25) is 14.4 Å². The van der Waals surface area contributed by atoms with Crippen molar-refractivity contribution in [1.29, 1.82) is 0 Å². The quantitative estimate of drug-likeness (QED) is 0.142. The number of aliphatic carboxylic acids is 1. The van der Waals surface area contributed by atoms with Crippen LogP contribution in [0.1, 0.15) is 46.0 Å². The van der Waals surface area contributed by atoms with Crippen molar-refractivity contribution in [3.63, 3.8) is 0 Å². The Labute approximate surface area is 201 Å². The number of ether oxygens (including phenoxy) is 4. The SMILES string of the molecule is CCCOCCOCC(=O)NCCOCCOCC(=O)NC(CCCCNC(=O)CC)C(=O)O. The molecule has 0 radical (unpaired) electrons. The highest BCUT2D eigenvalue weighted by molar-refractivity contribution is 5.84. The van der Waals surface area contributed by atoms with Gasteiger partial charge in [0.15, 0.2) is 0 Å². The zero-order chi connectivity index (χ0) is 25.4. The van der Waals surface area contributed by atoms with Gasteiger partial charge < -0.3 is 40.0 Å². The molecule has 0 saturated carbocycles. The minimum absolute atomic E-state index is 0.0412. The van der Waals surface area contributed by atoms with Gasteiger partial charge in [0.25, 0.3) is 0 Å². The third-order valence-electron chi connectivity index (χ3n) is 4.32. The summed E-state index contributed by atoms with van der Waals surface area (Å²) in [6.07, 6.45) is 2.77. The Morgan fingerprint density at radius 3 is 1.91 bits per heavy atom. The van der Waals surface area contributed by atoms with Gasteiger partial charge in [-0.2, -0.15) is 0 Å². The van der Waals surface area contributed by atoms with Gasteiger partial charge in [-0.25, -0.2) is 4.79 Å². The predicted molar refractivity (Wildman–Crippen MR) is 123 cm³/mol. The third kappa shape index (κ3) is 20.3. The number of hydrogen-bond acceptors (Lipinski definition) is 8. The van der Waals surface area contributed by atoms with E-state index in [1.165, 1.54) is 0 Å². The van der Waals surface area contributed by atoms with Crippen molar-refractivity contribution < 1.29 is 43.2 Å². The summed E-state index contributed by atoms with van der Waals surface area (Å²) < 4.78 is 20.9. The molecule has 4 N–H and O–H groups in total. The van der Waals surface area contributed by atoms with Crippen LogP contribution in [-0.2, 0) is 38.1 Å². The molecule has 0 fully saturated rings. The molecule has 198 valence electrons. The summed E-state index contributed by atoms with van der Waals surface area (Å²) in [5.41, 5.74) is 0. The van der Waals surface area contributed by atoms with Gasteiger partial charge in [-0.15, -0.1) is 0 Å². The Balaban J connectivity index is 3.67. The first kappa shape index (κ1) is 31.7. The van der Waals surface area contributed by atoms with E-state index in [2.05, 4.69) is 16.0 Å². The molecule has 34 heavy (non-hydrogen) atoms. The van der Waals surface area contributed by atoms with Gasteiger partial charge in [0, 0.05) is 26.1 Å². The van der Waals surface area contributed by atoms with Crippen molar-refractivity contribution in [1.82, 2.24) is 16.0 Å². The summed E-state index contributed by atoms with van der Waals surface area (Å²) in [4.78, 5) is 45.9. The molecule has 0 rings (SSSR count). The molecule has 1 unspecified atom stereocenters. The lowest BCUT2D eigenvalue weighted by Crippen LogP contribution is -2.42. The highest BCUT2D eigenvalue weighted by Crippen LogP contribution is 2.01. The Hall–Kier alpha value is -2.28. The molecule has 0 aliphatic carbocycles. The zero-order valence-electron chi connectivity index (χ0n) is 20.4. The second-order valence-corrected chi connectivity index (χ2v) is 7.34. The number of unbranched alkanes of at least 4 members (excludes halogenated alkanes) is 1. The maximum atomic E-state index is 11.9. The molecule has 0 heterocycles. The van der Waals surface area contributed by atoms with E-state index in [-0.39, 0.29) is 51.3 Å². The molecule has 12 nitrogen and oxygen atoms in total. The maximum absolute atomic E-state index is 11.9. The molecule has 3 amide bonds. The van der Waals surface area contributed by atoms with Gasteiger partial charge in [-0.05, 0) is 25.7 Å². The first-order valence-electron chi connectivity index (χ1n) is 11.8. The van der Waals surface area contributed by atoms with Crippen molar-refractivity contribution in [2.75, 3.05) is 65.9 Å². The van der Waals surface area contributed by atoms with Crippen LogP contribution in [0.25, 0.3) is 0 Å². The minimum atomic E-state index is -1.12. The predicted octanol–water partition coefficient (Wildman–Crippen LogP) is -0.155. The largest absolute Gasteiger partial charge is 0.480 e. The lowest BCUT2D eigenvalue weighted by atomic mass is 10.1. The van der Waals surface area contributed by atoms with E-state index < -0.39 is 17.9 Å². The van der Waals surface area contributed by atoms with Crippen molar-refractivity contribution >= 4 is 23.7 Å². The molecule has 0 saturated heterocycles. The van der Waals surface area contributed by atoms with Gasteiger partial charge in [0.05, 0.1) is 33.0 Å². The molecule has 0 spiro atoms. The molecule has 0 aliphatic heterocycles. The molecular formula is C22H41N3O9. The van der Waals surface area contributed by atoms with Gasteiger partial charge in [0.2, 0.25) is 17.7 Å². The fraction of sp³-hybridized carbons (Fsp3) is 0.818. The molecule has 0 aromatic heterocycles.